The average molecular weight is 446 g/mol. The molecule has 162 valence electrons. The van der Waals surface area contributed by atoms with Crippen LogP contribution in [-0.2, 0) is 13.0 Å². The second-order valence-electron chi connectivity index (χ2n) is 7.45. The Balaban J connectivity index is 1.77. The van der Waals surface area contributed by atoms with Crippen molar-refractivity contribution in [1.82, 2.24) is 14.9 Å². The number of halogens is 1. The Labute approximate surface area is 192 Å². The smallest absolute Gasteiger partial charge is 0.251 e. The molecule has 4 aromatic rings. The van der Waals surface area contributed by atoms with Crippen molar-refractivity contribution in [1.29, 1.82) is 0 Å². The molecule has 1 amide bonds. The van der Waals surface area contributed by atoms with Crippen LogP contribution in [0.4, 0.5) is 0 Å². The van der Waals surface area contributed by atoms with Crippen molar-refractivity contribution in [2.24, 2.45) is 0 Å². The fraction of sp³-hybridized carbons (Fsp3) is 0.154. The third-order valence-electron chi connectivity index (χ3n) is 5.30. The summed E-state index contributed by atoms with van der Waals surface area (Å²) in [5.41, 5.74) is 3.41. The molecule has 1 N–H and O–H groups in total. The van der Waals surface area contributed by atoms with E-state index in [1.165, 1.54) is 0 Å². The molecular formula is C26H24ClN3O2. The lowest BCUT2D eigenvalue weighted by molar-refractivity contribution is 0.0934. The van der Waals surface area contributed by atoms with E-state index < -0.39 is 0 Å². The van der Waals surface area contributed by atoms with Crippen LogP contribution in [0.15, 0.2) is 85.5 Å². The molecule has 0 saturated heterocycles. The molecule has 4 rings (SSSR count). The third-order valence-corrected chi connectivity index (χ3v) is 5.55. The molecule has 0 bridgehead atoms. The molecule has 32 heavy (non-hydrogen) atoms. The Morgan fingerprint density at radius 2 is 1.91 bits per heavy atom. The van der Waals surface area contributed by atoms with Crippen molar-refractivity contribution >= 4 is 28.5 Å². The molecule has 0 saturated carbocycles. The van der Waals surface area contributed by atoms with Gasteiger partial charge in [0, 0.05) is 23.2 Å². The van der Waals surface area contributed by atoms with Crippen molar-refractivity contribution in [2.75, 3.05) is 7.11 Å². The first-order chi connectivity index (χ1) is 15.6. The molecular weight excluding hydrogens is 422 g/mol. The monoisotopic (exact) mass is 445 g/mol. The van der Waals surface area contributed by atoms with Crippen LogP contribution in [0.1, 0.15) is 27.8 Å². The van der Waals surface area contributed by atoms with Gasteiger partial charge in [0.25, 0.3) is 5.91 Å². The Morgan fingerprint density at radius 1 is 1.16 bits per heavy atom. The summed E-state index contributed by atoms with van der Waals surface area (Å²) in [6.07, 6.45) is 2.42. The highest BCUT2D eigenvalue weighted by molar-refractivity contribution is 6.30. The SMILES string of the molecule is C=CCn1c(C(Cc2ccccc2)NC(=O)c2ccc(Cl)cc2)nc2ccc(OC)cc21. The number of imidazole rings is 1. The number of hydrogen-bond acceptors (Lipinski definition) is 3. The molecule has 0 spiro atoms. The molecule has 0 aliphatic carbocycles. The number of allylic oxidation sites excluding steroid dienone is 1. The van der Waals surface area contributed by atoms with Gasteiger partial charge in [-0.2, -0.15) is 0 Å². The summed E-state index contributed by atoms with van der Waals surface area (Å²) in [5.74, 6) is 1.33. The minimum absolute atomic E-state index is 0.183. The molecule has 1 unspecified atom stereocenters. The summed E-state index contributed by atoms with van der Waals surface area (Å²) in [5, 5.41) is 3.76. The van der Waals surface area contributed by atoms with Gasteiger partial charge in [0.1, 0.15) is 11.6 Å². The molecule has 1 heterocycles. The summed E-state index contributed by atoms with van der Waals surface area (Å²) >= 11 is 5.99. The zero-order chi connectivity index (χ0) is 22.5. The number of benzene rings is 3. The van der Waals surface area contributed by atoms with Crippen LogP contribution in [0.3, 0.4) is 0 Å². The zero-order valence-corrected chi connectivity index (χ0v) is 18.5. The maximum Gasteiger partial charge on any atom is 0.251 e. The van der Waals surface area contributed by atoms with E-state index in [1.807, 2.05) is 54.6 Å². The molecule has 1 aromatic heterocycles. The highest BCUT2D eigenvalue weighted by Gasteiger charge is 2.23. The molecule has 0 aliphatic heterocycles. The highest BCUT2D eigenvalue weighted by atomic mass is 35.5. The van der Waals surface area contributed by atoms with Gasteiger partial charge < -0.3 is 14.6 Å². The van der Waals surface area contributed by atoms with Gasteiger partial charge in [0.2, 0.25) is 0 Å². The van der Waals surface area contributed by atoms with Gasteiger partial charge in [0.15, 0.2) is 0 Å². The van der Waals surface area contributed by atoms with Crippen LogP contribution in [-0.4, -0.2) is 22.6 Å². The van der Waals surface area contributed by atoms with Gasteiger partial charge in [-0.05, 0) is 48.4 Å². The van der Waals surface area contributed by atoms with Crippen molar-refractivity contribution in [3.63, 3.8) is 0 Å². The number of carbonyl (C=O) groups is 1. The van der Waals surface area contributed by atoms with Crippen LogP contribution < -0.4 is 10.1 Å². The van der Waals surface area contributed by atoms with E-state index in [2.05, 4.69) is 16.5 Å². The third kappa shape index (κ3) is 4.68. The van der Waals surface area contributed by atoms with Crippen LogP contribution in [0.25, 0.3) is 11.0 Å². The summed E-state index contributed by atoms with van der Waals surface area (Å²) < 4.78 is 7.48. The fourth-order valence-corrected chi connectivity index (χ4v) is 3.86. The van der Waals surface area contributed by atoms with E-state index in [4.69, 9.17) is 21.3 Å². The van der Waals surface area contributed by atoms with Gasteiger partial charge in [-0.1, -0.05) is 48.0 Å². The number of hydrogen-bond donors (Lipinski definition) is 1. The van der Waals surface area contributed by atoms with Crippen molar-refractivity contribution < 1.29 is 9.53 Å². The normalized spacial score (nSPS) is 11.8. The Bertz CT molecular complexity index is 1230. The topological polar surface area (TPSA) is 56.2 Å². The first-order valence-electron chi connectivity index (χ1n) is 10.3. The van der Waals surface area contributed by atoms with E-state index in [0.717, 1.165) is 28.2 Å². The summed E-state index contributed by atoms with van der Waals surface area (Å²) in [4.78, 5) is 18.0. The lowest BCUT2D eigenvalue weighted by atomic mass is 10.0. The highest BCUT2D eigenvalue weighted by Crippen LogP contribution is 2.27. The van der Waals surface area contributed by atoms with Gasteiger partial charge in [-0.25, -0.2) is 4.98 Å². The summed E-state index contributed by atoms with van der Waals surface area (Å²) in [6.45, 7) is 4.46. The van der Waals surface area contributed by atoms with Crippen LogP contribution in [0.2, 0.25) is 5.02 Å². The first kappa shape index (κ1) is 21.7. The molecule has 5 nitrogen and oxygen atoms in total. The number of fused-ring (bicyclic) bond motifs is 1. The first-order valence-corrected chi connectivity index (χ1v) is 10.7. The minimum atomic E-state index is -0.348. The standard InChI is InChI=1S/C26H24ClN3O2/c1-3-15-30-24-17-21(32-2)13-14-22(24)28-25(30)23(16-18-7-5-4-6-8-18)29-26(31)19-9-11-20(27)12-10-19/h3-14,17,23H,1,15-16H2,2H3,(H,29,31). The Morgan fingerprint density at radius 3 is 2.59 bits per heavy atom. The van der Waals surface area contributed by atoms with E-state index >= 15 is 0 Å². The summed E-state index contributed by atoms with van der Waals surface area (Å²) in [7, 11) is 1.64. The van der Waals surface area contributed by atoms with Gasteiger partial charge >= 0.3 is 0 Å². The Kier molecular flexibility index (Phi) is 6.57. The molecule has 0 radical (unpaired) electrons. The molecule has 0 aliphatic rings. The molecule has 3 aromatic carbocycles. The second-order valence-corrected chi connectivity index (χ2v) is 7.88. The average Bonchev–Trinajstić information content (AvgIpc) is 3.17. The quantitative estimate of drug-likeness (QED) is 0.359. The van der Waals surface area contributed by atoms with E-state index in [9.17, 15) is 4.79 Å². The van der Waals surface area contributed by atoms with Gasteiger partial charge in [-0.15, -0.1) is 6.58 Å². The number of methoxy groups -OCH3 is 1. The molecule has 1 atom stereocenters. The van der Waals surface area contributed by atoms with Crippen LogP contribution in [0, 0.1) is 0 Å². The number of aromatic nitrogens is 2. The predicted octanol–water partition coefficient (Wildman–Crippen LogP) is 5.60. The number of rotatable bonds is 8. The van der Waals surface area contributed by atoms with Crippen LogP contribution in [0.5, 0.6) is 5.75 Å². The van der Waals surface area contributed by atoms with Gasteiger partial charge in [0.05, 0.1) is 24.2 Å². The van der Waals surface area contributed by atoms with Gasteiger partial charge in [-0.3, -0.25) is 4.79 Å². The maximum atomic E-state index is 13.1. The largest absolute Gasteiger partial charge is 0.497 e. The number of nitrogens with zero attached hydrogens (tertiary/aromatic N) is 2. The van der Waals surface area contributed by atoms with Crippen molar-refractivity contribution in [2.45, 2.75) is 19.0 Å². The lowest BCUT2D eigenvalue weighted by Gasteiger charge is -2.20. The number of ether oxygens (including phenoxy) is 1. The van der Waals surface area contributed by atoms with E-state index in [-0.39, 0.29) is 11.9 Å². The van der Waals surface area contributed by atoms with Crippen molar-refractivity contribution in [3.05, 3.63) is 107 Å². The number of carbonyl (C=O) groups excluding carboxylic acids is 1. The van der Waals surface area contributed by atoms with E-state index in [1.54, 1.807) is 31.4 Å². The Hall–Kier alpha value is -3.57. The number of nitrogens with one attached hydrogen (secondary N) is 1. The van der Waals surface area contributed by atoms with E-state index in [0.29, 0.717) is 23.6 Å². The fourth-order valence-electron chi connectivity index (χ4n) is 3.73. The maximum absolute atomic E-state index is 13.1. The van der Waals surface area contributed by atoms with Crippen LogP contribution >= 0.6 is 11.6 Å². The summed E-state index contributed by atoms with van der Waals surface area (Å²) in [6, 6.07) is 22.3. The molecule has 6 heteroatoms. The minimum Gasteiger partial charge on any atom is -0.497 e. The molecule has 0 fully saturated rings. The zero-order valence-electron chi connectivity index (χ0n) is 17.8. The predicted molar refractivity (Wildman–Crippen MR) is 128 cm³/mol. The van der Waals surface area contributed by atoms with Crippen molar-refractivity contribution in [3.8, 4) is 5.75 Å². The number of amides is 1. The second kappa shape index (κ2) is 9.71. The lowest BCUT2D eigenvalue weighted by Crippen LogP contribution is -2.32.